The van der Waals surface area contributed by atoms with Crippen LogP contribution in [0.3, 0.4) is 0 Å². The lowest BCUT2D eigenvalue weighted by atomic mass is 10.1. The summed E-state index contributed by atoms with van der Waals surface area (Å²) in [6.45, 7) is 3.98. The van der Waals surface area contributed by atoms with Gasteiger partial charge in [-0.1, -0.05) is 29.8 Å². The largest absolute Gasteiger partial charge is 0.325 e. The van der Waals surface area contributed by atoms with Crippen LogP contribution >= 0.6 is 11.6 Å². The normalized spacial score (nSPS) is 11.1. The molecule has 3 aromatic heterocycles. The summed E-state index contributed by atoms with van der Waals surface area (Å²) in [5, 5.41) is 11.3. The fourth-order valence-corrected chi connectivity index (χ4v) is 2.99. The van der Waals surface area contributed by atoms with Gasteiger partial charge >= 0.3 is 0 Å². The predicted molar refractivity (Wildman–Crippen MR) is 101 cm³/mol. The van der Waals surface area contributed by atoms with Crippen LogP contribution in [-0.4, -0.2) is 20.2 Å². The molecule has 0 aliphatic heterocycles. The number of anilines is 2. The summed E-state index contributed by atoms with van der Waals surface area (Å²) >= 11 is 6.32. The first-order chi connectivity index (χ1) is 12.5. The number of hydrogen-bond acceptors (Lipinski definition) is 4. The van der Waals surface area contributed by atoms with Crippen LogP contribution in [0, 0.1) is 19.7 Å². The van der Waals surface area contributed by atoms with E-state index in [-0.39, 0.29) is 0 Å². The van der Waals surface area contributed by atoms with Crippen LogP contribution < -0.4 is 5.32 Å². The summed E-state index contributed by atoms with van der Waals surface area (Å²) in [4.78, 5) is 8.68. The first-order valence-electron chi connectivity index (χ1n) is 8.02. The van der Waals surface area contributed by atoms with Gasteiger partial charge in [0.2, 0.25) is 0 Å². The van der Waals surface area contributed by atoms with E-state index in [2.05, 4.69) is 20.5 Å². The van der Waals surface area contributed by atoms with Crippen molar-refractivity contribution in [2.24, 2.45) is 0 Å². The molecule has 0 spiro atoms. The third-order valence-corrected chi connectivity index (χ3v) is 4.63. The molecule has 0 atom stereocenters. The molecule has 0 aliphatic carbocycles. The second-order valence-corrected chi connectivity index (χ2v) is 6.43. The fourth-order valence-electron chi connectivity index (χ4n) is 2.75. The smallest absolute Gasteiger partial charge is 0.183 e. The van der Waals surface area contributed by atoms with Crippen molar-refractivity contribution >= 4 is 34.3 Å². The topological polar surface area (TPSA) is 66.5 Å². The van der Waals surface area contributed by atoms with E-state index in [1.165, 1.54) is 6.07 Å². The average Bonchev–Trinajstić information content (AvgIpc) is 3.01. The van der Waals surface area contributed by atoms with Gasteiger partial charge in [-0.3, -0.25) is 5.10 Å². The zero-order chi connectivity index (χ0) is 18.3. The average molecular weight is 368 g/mol. The Balaban J connectivity index is 1.81. The lowest BCUT2D eigenvalue weighted by Crippen LogP contribution is -2.01. The van der Waals surface area contributed by atoms with Gasteiger partial charge in [-0.25, -0.2) is 14.4 Å². The Morgan fingerprint density at radius 2 is 1.96 bits per heavy atom. The molecule has 2 N–H and O–H groups in total. The highest BCUT2D eigenvalue weighted by molar-refractivity contribution is 6.33. The van der Waals surface area contributed by atoms with Gasteiger partial charge < -0.3 is 5.32 Å². The van der Waals surface area contributed by atoms with E-state index in [0.717, 1.165) is 28.6 Å². The summed E-state index contributed by atoms with van der Waals surface area (Å²) in [6, 6.07) is 10.9. The van der Waals surface area contributed by atoms with E-state index in [9.17, 15) is 4.39 Å². The van der Waals surface area contributed by atoms with Crippen molar-refractivity contribution in [3.8, 4) is 11.3 Å². The molecule has 1 aromatic carbocycles. The zero-order valence-electron chi connectivity index (χ0n) is 14.1. The van der Waals surface area contributed by atoms with Crippen LogP contribution in [0.4, 0.5) is 16.0 Å². The van der Waals surface area contributed by atoms with E-state index in [0.29, 0.717) is 27.7 Å². The number of aryl methyl sites for hydroxylation is 1. The van der Waals surface area contributed by atoms with Crippen molar-refractivity contribution < 1.29 is 4.39 Å². The molecule has 0 saturated carbocycles. The zero-order valence-corrected chi connectivity index (χ0v) is 14.9. The molecule has 7 heteroatoms. The number of fused-ring (bicyclic) bond motifs is 1. The van der Waals surface area contributed by atoms with Crippen molar-refractivity contribution in [3.05, 3.63) is 64.6 Å². The van der Waals surface area contributed by atoms with Crippen LogP contribution in [0.25, 0.3) is 22.3 Å². The van der Waals surface area contributed by atoms with Crippen LogP contribution in [0.15, 0.2) is 42.6 Å². The minimum atomic E-state index is -0.423. The van der Waals surface area contributed by atoms with Gasteiger partial charge in [0.05, 0.1) is 17.3 Å². The number of nitrogens with zero attached hydrogens (tertiary/aromatic N) is 3. The summed E-state index contributed by atoms with van der Waals surface area (Å²) < 4.78 is 13.5. The Labute approximate surface area is 154 Å². The number of benzene rings is 1. The second-order valence-electron chi connectivity index (χ2n) is 6.03. The van der Waals surface area contributed by atoms with Crippen LogP contribution in [-0.2, 0) is 0 Å². The highest BCUT2D eigenvalue weighted by Crippen LogP contribution is 2.31. The van der Waals surface area contributed by atoms with E-state index < -0.39 is 5.82 Å². The number of aromatic nitrogens is 4. The SMILES string of the molecule is Cc1cc(-c2ccccc2Cl)nc(Nc2[nH]nc3ncc(F)cc23)c1C. The summed E-state index contributed by atoms with van der Waals surface area (Å²) in [5.41, 5.74) is 4.08. The van der Waals surface area contributed by atoms with Crippen molar-refractivity contribution in [3.63, 3.8) is 0 Å². The van der Waals surface area contributed by atoms with Crippen molar-refractivity contribution in [1.82, 2.24) is 20.2 Å². The highest BCUT2D eigenvalue weighted by atomic mass is 35.5. The Hall–Kier alpha value is -2.99. The molecule has 0 unspecified atom stereocenters. The minimum Gasteiger partial charge on any atom is -0.325 e. The number of halogens is 2. The number of hydrogen-bond donors (Lipinski definition) is 2. The molecule has 130 valence electrons. The molecule has 0 saturated heterocycles. The van der Waals surface area contributed by atoms with Gasteiger partial charge in [0, 0.05) is 10.6 Å². The highest BCUT2D eigenvalue weighted by Gasteiger charge is 2.13. The third kappa shape index (κ3) is 2.88. The molecule has 0 amide bonds. The van der Waals surface area contributed by atoms with Crippen LogP contribution in [0.5, 0.6) is 0 Å². The molecule has 0 radical (unpaired) electrons. The Morgan fingerprint density at radius 1 is 1.15 bits per heavy atom. The molecule has 3 heterocycles. The Bertz CT molecular complexity index is 1120. The first kappa shape index (κ1) is 16.5. The number of aromatic amines is 1. The summed E-state index contributed by atoms with van der Waals surface area (Å²) in [6.07, 6.45) is 1.14. The van der Waals surface area contributed by atoms with Crippen LogP contribution in [0.2, 0.25) is 5.02 Å². The monoisotopic (exact) mass is 367 g/mol. The van der Waals surface area contributed by atoms with E-state index in [4.69, 9.17) is 16.6 Å². The molecule has 4 aromatic rings. The van der Waals surface area contributed by atoms with Crippen molar-refractivity contribution in [2.75, 3.05) is 5.32 Å². The molecule has 26 heavy (non-hydrogen) atoms. The quantitative estimate of drug-likeness (QED) is 0.524. The van der Waals surface area contributed by atoms with Gasteiger partial charge in [0.15, 0.2) is 5.65 Å². The number of H-pyrrole nitrogens is 1. The standard InChI is InChI=1S/C19H15ClFN5/c1-10-7-16(13-5-3-4-6-15(13)20)23-17(11(10)2)24-19-14-8-12(21)9-22-18(14)25-26-19/h3-9H,1-2H3,(H2,22,23,24,25,26). The van der Waals surface area contributed by atoms with Crippen LogP contribution in [0.1, 0.15) is 11.1 Å². The number of nitrogens with one attached hydrogen (secondary N) is 2. The number of rotatable bonds is 3. The minimum absolute atomic E-state index is 0.423. The van der Waals surface area contributed by atoms with E-state index in [1.807, 2.05) is 44.2 Å². The van der Waals surface area contributed by atoms with Gasteiger partial charge in [-0.05, 0) is 43.2 Å². The number of pyridine rings is 2. The maximum atomic E-state index is 13.5. The molecule has 0 bridgehead atoms. The maximum absolute atomic E-state index is 13.5. The van der Waals surface area contributed by atoms with E-state index >= 15 is 0 Å². The molecule has 0 fully saturated rings. The van der Waals surface area contributed by atoms with E-state index in [1.54, 1.807) is 0 Å². The first-order valence-corrected chi connectivity index (χ1v) is 8.40. The van der Waals surface area contributed by atoms with Gasteiger partial charge in [0.25, 0.3) is 0 Å². The fraction of sp³-hybridized carbons (Fsp3) is 0.105. The Kier molecular flexibility index (Phi) is 4.05. The van der Waals surface area contributed by atoms with Gasteiger partial charge in [-0.2, -0.15) is 5.10 Å². The predicted octanol–water partition coefficient (Wildman–Crippen LogP) is 5.17. The van der Waals surface area contributed by atoms with Crippen molar-refractivity contribution in [2.45, 2.75) is 13.8 Å². The third-order valence-electron chi connectivity index (χ3n) is 4.30. The van der Waals surface area contributed by atoms with Gasteiger partial charge in [0.1, 0.15) is 17.5 Å². The lowest BCUT2D eigenvalue weighted by molar-refractivity contribution is 0.624. The van der Waals surface area contributed by atoms with Crippen molar-refractivity contribution in [1.29, 1.82) is 0 Å². The Morgan fingerprint density at radius 3 is 2.77 bits per heavy atom. The second kappa shape index (κ2) is 6.38. The molecule has 4 rings (SSSR count). The maximum Gasteiger partial charge on any atom is 0.183 e. The molecular formula is C19H15ClFN5. The molecular weight excluding hydrogens is 353 g/mol. The molecule has 0 aliphatic rings. The molecule has 5 nitrogen and oxygen atoms in total. The van der Waals surface area contributed by atoms with Gasteiger partial charge in [-0.15, -0.1) is 0 Å². The summed E-state index contributed by atoms with van der Waals surface area (Å²) in [7, 11) is 0. The lowest BCUT2D eigenvalue weighted by Gasteiger charge is -2.13. The summed E-state index contributed by atoms with van der Waals surface area (Å²) in [5.74, 6) is 0.765.